The molecule has 0 fully saturated rings. The van der Waals surface area contributed by atoms with E-state index in [0.29, 0.717) is 48.9 Å². The van der Waals surface area contributed by atoms with Gasteiger partial charge in [-0.15, -0.1) is 12.3 Å². The summed E-state index contributed by atoms with van der Waals surface area (Å²) in [6.45, 7) is 15.6. The van der Waals surface area contributed by atoms with Crippen LogP contribution in [0, 0.1) is 18.3 Å². The molecule has 0 aliphatic heterocycles. The van der Waals surface area contributed by atoms with E-state index in [9.17, 15) is 13.7 Å². The quantitative estimate of drug-likeness (QED) is 0.0537. The van der Waals surface area contributed by atoms with Crippen LogP contribution >= 0.6 is 0 Å². The Bertz CT molecular complexity index is 645. The molecule has 9 heteroatoms. The van der Waals surface area contributed by atoms with Crippen LogP contribution in [0.3, 0.4) is 0 Å². The van der Waals surface area contributed by atoms with E-state index in [2.05, 4.69) is 52.4 Å². The Morgan fingerprint density at radius 2 is 1.56 bits per heavy atom. The first-order chi connectivity index (χ1) is 14.7. The topological polar surface area (TPSA) is 91.3 Å². The molecule has 0 radical (unpaired) electrons. The van der Waals surface area contributed by atoms with Crippen molar-refractivity contribution in [3.05, 3.63) is 0 Å². The van der Waals surface area contributed by atoms with E-state index in [1.54, 1.807) is 0 Å². The summed E-state index contributed by atoms with van der Waals surface area (Å²) in [6, 6.07) is 0. The van der Waals surface area contributed by atoms with E-state index in [1.807, 2.05) is 6.92 Å². The molecule has 0 aliphatic rings. The van der Waals surface area contributed by atoms with Crippen molar-refractivity contribution in [1.82, 2.24) is 0 Å². The number of ether oxygens (including phenoxy) is 1. The van der Waals surface area contributed by atoms with Crippen molar-refractivity contribution in [1.29, 1.82) is 0 Å². The highest BCUT2D eigenvalue weighted by Gasteiger charge is 2.45. The van der Waals surface area contributed by atoms with Crippen LogP contribution in [-0.4, -0.2) is 53.9 Å². The molecule has 0 saturated carbocycles. The average Bonchev–Trinajstić information content (AvgIpc) is 2.68. The fourth-order valence-corrected chi connectivity index (χ4v) is 11.1. The highest BCUT2D eigenvalue weighted by Crippen LogP contribution is 2.42. The molecule has 0 aliphatic carbocycles. The molecule has 1 N–H and O–H groups in total. The number of unbranched alkanes of at least 4 members (excludes halogenated alkanes) is 1. The summed E-state index contributed by atoms with van der Waals surface area (Å²) >= 11 is 0. The minimum absolute atomic E-state index is 0.188. The summed E-state index contributed by atoms with van der Waals surface area (Å²) in [5, 5.41) is 9.50. The number of hydrogen-bond acceptors (Lipinski definition) is 7. The molecule has 0 aromatic rings. The van der Waals surface area contributed by atoms with Crippen molar-refractivity contribution in [2.45, 2.75) is 109 Å². The number of methoxy groups -OCH3 is 1. The smallest absolute Gasteiger partial charge is 0.264 e. The van der Waals surface area contributed by atoms with Gasteiger partial charge in [-0.2, -0.15) is 8.42 Å². The summed E-state index contributed by atoms with van der Waals surface area (Å²) in [7, 11) is -4.35. The molecule has 32 heavy (non-hydrogen) atoms. The maximum Gasteiger partial charge on any atom is 0.264 e. The Kier molecular flexibility index (Phi) is 13.8. The molecule has 0 bridgehead atoms. The molecule has 190 valence electrons. The molecule has 3 atom stereocenters. The summed E-state index contributed by atoms with van der Waals surface area (Å²) in [6.07, 6.45) is 7.78. The summed E-state index contributed by atoms with van der Waals surface area (Å²) < 4.78 is 41.5. The first-order valence-corrected chi connectivity index (χ1v) is 15.5. The lowest BCUT2D eigenvalue weighted by Gasteiger charge is -2.43. The Morgan fingerprint density at radius 1 is 1.03 bits per heavy atom. The third-order valence-corrected chi connectivity index (χ3v) is 13.1. The Balaban J connectivity index is 5.55. The van der Waals surface area contributed by atoms with Gasteiger partial charge in [-0.25, -0.2) is 10.1 Å². The monoisotopic (exact) mass is 494 g/mol. The van der Waals surface area contributed by atoms with Gasteiger partial charge in [0.25, 0.3) is 10.1 Å². The van der Waals surface area contributed by atoms with Gasteiger partial charge >= 0.3 is 0 Å². The van der Waals surface area contributed by atoms with Gasteiger partial charge in [0.15, 0.2) is 8.32 Å². The summed E-state index contributed by atoms with van der Waals surface area (Å²) in [5.74, 6) is 1.10. The van der Waals surface area contributed by atoms with Gasteiger partial charge in [-0.05, 0) is 29.5 Å². The van der Waals surface area contributed by atoms with Crippen LogP contribution < -0.4 is 0 Å². The normalized spacial score (nSPS) is 16.9. The maximum absolute atomic E-state index is 12.0. The van der Waals surface area contributed by atoms with Crippen LogP contribution in [0.1, 0.15) is 80.6 Å². The van der Waals surface area contributed by atoms with Gasteiger partial charge < -0.3 is 9.16 Å². The molecule has 0 unspecified atom stereocenters. The standard InChI is InChI=1S/C23H46O7SSi/c1-11-12-13-15-23(27-9,30-24)16-14-22(29-31(10,25)26)21(8)17-28-32(18(2)3,19(4)5)20(6)7/h1,18-22,24H,12-17H2,2-10H3/t21-,22+,23+/m0/s1. The Labute approximate surface area is 197 Å². The van der Waals surface area contributed by atoms with Crippen molar-refractivity contribution in [2.75, 3.05) is 20.0 Å². The van der Waals surface area contributed by atoms with Crippen molar-refractivity contribution in [3.8, 4) is 12.3 Å². The predicted octanol–water partition coefficient (Wildman–Crippen LogP) is 5.58. The second-order valence-electron chi connectivity index (χ2n) is 9.75. The number of terminal acetylenes is 1. The van der Waals surface area contributed by atoms with Crippen LogP contribution in [0.2, 0.25) is 16.6 Å². The molecule has 0 heterocycles. The molecule has 0 rings (SSSR count). The average molecular weight is 495 g/mol. The zero-order valence-corrected chi connectivity index (χ0v) is 23.3. The zero-order chi connectivity index (χ0) is 25.2. The van der Waals surface area contributed by atoms with E-state index >= 15 is 0 Å². The van der Waals surface area contributed by atoms with E-state index in [1.165, 1.54) is 7.11 Å². The zero-order valence-electron chi connectivity index (χ0n) is 21.5. The summed E-state index contributed by atoms with van der Waals surface area (Å²) in [4.78, 5) is 4.68. The van der Waals surface area contributed by atoms with Crippen LogP contribution in [0.25, 0.3) is 0 Å². The van der Waals surface area contributed by atoms with Crippen LogP contribution in [0.5, 0.6) is 0 Å². The SMILES string of the molecule is C#CCCC[C@@](CC[C@@H](OS(C)(=O)=O)[C@@H](C)CO[Si](C(C)C)(C(C)C)C(C)C)(OC)OO. The minimum Gasteiger partial charge on any atom is -0.416 e. The molecule has 0 amide bonds. The largest absolute Gasteiger partial charge is 0.416 e. The fraction of sp³-hybridized carbons (Fsp3) is 0.913. The van der Waals surface area contributed by atoms with E-state index in [4.69, 9.17) is 19.8 Å². The van der Waals surface area contributed by atoms with E-state index < -0.39 is 30.3 Å². The van der Waals surface area contributed by atoms with Crippen LogP contribution in [0.4, 0.5) is 0 Å². The maximum atomic E-state index is 12.0. The van der Waals surface area contributed by atoms with Gasteiger partial charge in [0, 0.05) is 38.9 Å². The first kappa shape index (κ1) is 31.5. The van der Waals surface area contributed by atoms with Gasteiger partial charge in [-0.3, -0.25) is 4.18 Å². The van der Waals surface area contributed by atoms with Crippen LogP contribution in [-0.2, 0) is 28.4 Å². The number of hydrogen-bond donors (Lipinski definition) is 1. The molecular formula is C23H46O7SSi. The second kappa shape index (κ2) is 14.0. The fourth-order valence-electron chi connectivity index (χ4n) is 4.81. The van der Waals surface area contributed by atoms with Crippen molar-refractivity contribution < 1.29 is 31.9 Å². The number of rotatable bonds is 17. The molecule has 0 aromatic carbocycles. The third kappa shape index (κ3) is 9.41. The van der Waals surface area contributed by atoms with E-state index in [0.717, 1.165) is 6.26 Å². The lowest BCUT2D eigenvalue weighted by Crippen LogP contribution is -2.49. The summed E-state index contributed by atoms with van der Waals surface area (Å²) in [5.41, 5.74) is 1.26. The van der Waals surface area contributed by atoms with Gasteiger partial charge in [-0.1, -0.05) is 48.5 Å². The Morgan fingerprint density at radius 3 is 1.94 bits per heavy atom. The molecule has 0 saturated heterocycles. The van der Waals surface area contributed by atoms with Crippen LogP contribution in [0.15, 0.2) is 0 Å². The van der Waals surface area contributed by atoms with E-state index in [-0.39, 0.29) is 12.3 Å². The lowest BCUT2D eigenvalue weighted by atomic mass is 9.96. The highest BCUT2D eigenvalue weighted by atomic mass is 32.2. The molecule has 7 nitrogen and oxygen atoms in total. The van der Waals surface area contributed by atoms with Gasteiger partial charge in [0.05, 0.1) is 12.4 Å². The van der Waals surface area contributed by atoms with Crippen molar-refractivity contribution in [3.63, 3.8) is 0 Å². The third-order valence-electron chi connectivity index (χ3n) is 6.46. The Hall–Kier alpha value is -0.473. The first-order valence-electron chi connectivity index (χ1n) is 11.5. The minimum atomic E-state index is -3.69. The molecular weight excluding hydrogens is 448 g/mol. The van der Waals surface area contributed by atoms with Crippen molar-refractivity contribution >= 4 is 18.4 Å². The van der Waals surface area contributed by atoms with Gasteiger partial charge in [0.2, 0.25) is 5.79 Å². The lowest BCUT2D eigenvalue weighted by molar-refractivity contribution is -0.403. The molecule has 0 aromatic heterocycles. The van der Waals surface area contributed by atoms with Gasteiger partial charge in [0.1, 0.15) is 0 Å². The van der Waals surface area contributed by atoms with Crippen molar-refractivity contribution in [2.24, 2.45) is 5.92 Å². The highest BCUT2D eigenvalue weighted by molar-refractivity contribution is 7.86. The predicted molar refractivity (Wildman–Crippen MR) is 131 cm³/mol. The second-order valence-corrected chi connectivity index (χ2v) is 16.8. The molecule has 0 spiro atoms.